The summed E-state index contributed by atoms with van der Waals surface area (Å²) in [7, 11) is 0. The smallest absolute Gasteiger partial charge is 0.0529 e. The molecule has 4 rings (SSSR count). The van der Waals surface area contributed by atoms with Crippen molar-refractivity contribution in [1.82, 2.24) is 0 Å². The van der Waals surface area contributed by atoms with Crippen LogP contribution < -0.4 is 0 Å². The molecule has 2 atom stereocenters. The van der Waals surface area contributed by atoms with Gasteiger partial charge >= 0.3 is 0 Å². The molecular formula is C14H23+. The molecule has 4 saturated carbocycles. The summed E-state index contributed by atoms with van der Waals surface area (Å²) in [5.74, 6) is 5.30. The van der Waals surface area contributed by atoms with Crippen molar-refractivity contribution in [3.05, 3.63) is 5.92 Å². The summed E-state index contributed by atoms with van der Waals surface area (Å²) in [5, 5.41) is 0. The highest BCUT2D eigenvalue weighted by Crippen LogP contribution is 2.48. The van der Waals surface area contributed by atoms with E-state index in [9.17, 15) is 0 Å². The molecule has 0 heterocycles. The standard InChI is InChI=1S/C14H23/c1-2-4-11-6-13-8-12(5-3-1)9-14(7-11)10-13/h11,13-14H,1-10H2/q+1. The monoisotopic (exact) mass is 191 g/mol. The Labute approximate surface area is 88.5 Å². The third kappa shape index (κ3) is 1.81. The normalized spacial score (nSPS) is 42.9. The molecule has 4 aliphatic carbocycles. The summed E-state index contributed by atoms with van der Waals surface area (Å²) >= 11 is 0. The molecule has 0 aliphatic heterocycles. The molecule has 0 spiro atoms. The van der Waals surface area contributed by atoms with Gasteiger partial charge in [-0.15, -0.1) is 0 Å². The largest absolute Gasteiger partial charge is 0.0928 e. The van der Waals surface area contributed by atoms with Gasteiger partial charge in [-0.1, -0.05) is 12.8 Å². The molecule has 0 saturated heterocycles. The zero-order valence-electron chi connectivity index (χ0n) is 9.30. The molecule has 14 heavy (non-hydrogen) atoms. The van der Waals surface area contributed by atoms with Gasteiger partial charge in [0.1, 0.15) is 0 Å². The lowest BCUT2D eigenvalue weighted by Gasteiger charge is -2.38. The first kappa shape index (κ1) is 9.12. The fraction of sp³-hybridized carbons (Fsp3) is 0.929. The Bertz CT molecular complexity index is 160. The van der Waals surface area contributed by atoms with Crippen molar-refractivity contribution in [3.63, 3.8) is 0 Å². The first-order chi connectivity index (χ1) is 6.90. The molecule has 78 valence electrons. The maximum atomic E-state index is 1.95. The molecule has 0 heteroatoms. The molecule has 0 radical (unpaired) electrons. The lowest BCUT2D eigenvalue weighted by atomic mass is 9.62. The van der Waals surface area contributed by atoms with Crippen LogP contribution in [0.1, 0.15) is 64.2 Å². The third-order valence-electron chi connectivity index (χ3n) is 4.80. The van der Waals surface area contributed by atoms with Crippen LogP contribution in [0.4, 0.5) is 0 Å². The van der Waals surface area contributed by atoms with E-state index in [1.165, 1.54) is 38.5 Å². The molecule has 4 bridgehead atoms. The van der Waals surface area contributed by atoms with E-state index in [1.807, 2.05) is 5.92 Å². The Morgan fingerprint density at radius 1 is 0.714 bits per heavy atom. The van der Waals surface area contributed by atoms with Crippen molar-refractivity contribution in [2.24, 2.45) is 17.8 Å². The molecule has 4 aliphatic rings. The second-order valence-corrected chi connectivity index (χ2v) is 6.06. The number of hydrogen-bond acceptors (Lipinski definition) is 0. The molecule has 0 nitrogen and oxygen atoms in total. The minimum atomic E-state index is 1.11. The minimum Gasteiger partial charge on any atom is -0.0529 e. The van der Waals surface area contributed by atoms with Crippen LogP contribution in [0, 0.1) is 23.7 Å². The van der Waals surface area contributed by atoms with Crippen LogP contribution in [0.2, 0.25) is 0 Å². The molecule has 2 unspecified atom stereocenters. The summed E-state index contributed by atoms with van der Waals surface area (Å²) in [6.45, 7) is 0. The van der Waals surface area contributed by atoms with Crippen LogP contribution in [0.3, 0.4) is 0 Å². The minimum absolute atomic E-state index is 1.11. The Morgan fingerprint density at radius 3 is 2.21 bits per heavy atom. The van der Waals surface area contributed by atoms with Gasteiger partial charge in [0.2, 0.25) is 0 Å². The lowest BCUT2D eigenvalue weighted by molar-refractivity contribution is 0.133. The van der Waals surface area contributed by atoms with Crippen LogP contribution >= 0.6 is 0 Å². The van der Waals surface area contributed by atoms with Crippen molar-refractivity contribution in [2.45, 2.75) is 64.2 Å². The van der Waals surface area contributed by atoms with Crippen molar-refractivity contribution in [3.8, 4) is 0 Å². The zero-order valence-corrected chi connectivity index (χ0v) is 9.30. The fourth-order valence-corrected chi connectivity index (χ4v) is 4.36. The van der Waals surface area contributed by atoms with Crippen LogP contribution in [0.25, 0.3) is 0 Å². The number of rotatable bonds is 0. The Morgan fingerprint density at radius 2 is 1.43 bits per heavy atom. The Balaban J connectivity index is 1.74. The highest BCUT2D eigenvalue weighted by molar-refractivity contribution is 5.01. The summed E-state index contributed by atoms with van der Waals surface area (Å²) in [4.78, 5) is 0. The molecule has 4 fully saturated rings. The van der Waals surface area contributed by atoms with E-state index in [2.05, 4.69) is 0 Å². The molecule has 0 aromatic rings. The van der Waals surface area contributed by atoms with Crippen LogP contribution in [-0.2, 0) is 0 Å². The van der Waals surface area contributed by atoms with Crippen molar-refractivity contribution in [1.29, 1.82) is 0 Å². The molecule has 0 N–H and O–H groups in total. The molecule has 0 aromatic heterocycles. The molecule has 0 aromatic carbocycles. The summed E-state index contributed by atoms with van der Waals surface area (Å²) < 4.78 is 0. The second-order valence-electron chi connectivity index (χ2n) is 6.06. The average Bonchev–Trinajstić information content (AvgIpc) is 2.16. The van der Waals surface area contributed by atoms with E-state index >= 15 is 0 Å². The van der Waals surface area contributed by atoms with E-state index in [0.29, 0.717) is 0 Å². The van der Waals surface area contributed by atoms with E-state index in [1.54, 1.807) is 25.7 Å². The van der Waals surface area contributed by atoms with Crippen LogP contribution in [0.5, 0.6) is 0 Å². The maximum absolute atomic E-state index is 1.95. The van der Waals surface area contributed by atoms with Crippen molar-refractivity contribution >= 4 is 0 Å². The predicted molar refractivity (Wildman–Crippen MR) is 59.9 cm³/mol. The first-order valence-corrected chi connectivity index (χ1v) is 6.73. The zero-order chi connectivity index (χ0) is 9.38. The summed E-state index contributed by atoms with van der Waals surface area (Å²) in [6.07, 6.45) is 15.4. The quantitative estimate of drug-likeness (QED) is 0.499. The highest BCUT2D eigenvalue weighted by atomic mass is 14.4. The first-order valence-electron chi connectivity index (χ1n) is 6.73. The maximum Gasteiger partial charge on any atom is 0.0928 e. The average molecular weight is 191 g/mol. The molecular weight excluding hydrogens is 168 g/mol. The van der Waals surface area contributed by atoms with E-state index in [0.717, 1.165) is 17.8 Å². The van der Waals surface area contributed by atoms with Crippen LogP contribution in [-0.4, -0.2) is 0 Å². The van der Waals surface area contributed by atoms with E-state index in [4.69, 9.17) is 0 Å². The van der Waals surface area contributed by atoms with Gasteiger partial charge in [-0.2, -0.15) is 0 Å². The van der Waals surface area contributed by atoms with Gasteiger partial charge in [0.05, 0.1) is 25.2 Å². The van der Waals surface area contributed by atoms with Gasteiger partial charge in [0, 0.05) is 11.8 Å². The van der Waals surface area contributed by atoms with Gasteiger partial charge in [-0.3, -0.25) is 0 Å². The van der Waals surface area contributed by atoms with Gasteiger partial charge < -0.3 is 0 Å². The van der Waals surface area contributed by atoms with Crippen LogP contribution in [0.15, 0.2) is 0 Å². The number of hydrogen-bond donors (Lipinski definition) is 0. The lowest BCUT2D eigenvalue weighted by Crippen LogP contribution is -2.31. The summed E-state index contributed by atoms with van der Waals surface area (Å²) in [6, 6.07) is 0. The van der Waals surface area contributed by atoms with E-state index < -0.39 is 0 Å². The third-order valence-corrected chi connectivity index (χ3v) is 4.80. The van der Waals surface area contributed by atoms with Crippen molar-refractivity contribution < 1.29 is 0 Å². The Kier molecular flexibility index (Phi) is 2.47. The Hall–Kier alpha value is -0.130. The number of fused-ring (bicyclic) bond motifs is 4. The van der Waals surface area contributed by atoms with Gasteiger partial charge in [-0.05, 0) is 38.0 Å². The van der Waals surface area contributed by atoms with Crippen molar-refractivity contribution in [2.75, 3.05) is 0 Å². The fourth-order valence-electron chi connectivity index (χ4n) is 4.36. The van der Waals surface area contributed by atoms with Gasteiger partial charge in [0.15, 0.2) is 0 Å². The predicted octanol–water partition coefficient (Wildman–Crippen LogP) is 4.35. The van der Waals surface area contributed by atoms with Gasteiger partial charge in [-0.25, -0.2) is 0 Å². The topological polar surface area (TPSA) is 0 Å². The molecule has 0 amide bonds. The SMILES string of the molecule is C1CC[C+]2CC3CC(CC1)CC(C2)C3. The van der Waals surface area contributed by atoms with Gasteiger partial charge in [0.25, 0.3) is 0 Å². The highest BCUT2D eigenvalue weighted by Gasteiger charge is 2.41. The summed E-state index contributed by atoms with van der Waals surface area (Å²) in [5.41, 5.74) is 0. The second kappa shape index (κ2) is 3.79. The van der Waals surface area contributed by atoms with E-state index in [-0.39, 0.29) is 0 Å².